The molecule has 1 fully saturated rings. The summed E-state index contributed by atoms with van der Waals surface area (Å²) < 4.78 is 0. The molecule has 0 aliphatic carbocycles. The molecule has 0 spiro atoms. The summed E-state index contributed by atoms with van der Waals surface area (Å²) in [7, 11) is 0. The van der Waals surface area contributed by atoms with E-state index in [0.29, 0.717) is 27.8 Å². The largest absolute Gasteiger partial charge is 0.349 e. The van der Waals surface area contributed by atoms with Crippen LogP contribution in [0.15, 0.2) is 48.5 Å². The molecule has 138 valence electrons. The fourth-order valence-corrected chi connectivity index (χ4v) is 3.29. The molecule has 3 rings (SSSR count). The van der Waals surface area contributed by atoms with Gasteiger partial charge in [0.25, 0.3) is 5.91 Å². The van der Waals surface area contributed by atoms with Crippen molar-refractivity contribution >= 4 is 35.7 Å². The SMILES string of the molecule is CC1CC(NC(=O)c2ccccc2C(=O)c2ccc(Cl)cc2)CCN1.Cl. The lowest BCUT2D eigenvalue weighted by molar-refractivity contribution is 0.0916. The van der Waals surface area contributed by atoms with Gasteiger partial charge < -0.3 is 10.6 Å². The van der Waals surface area contributed by atoms with Gasteiger partial charge in [-0.05, 0) is 56.6 Å². The zero-order chi connectivity index (χ0) is 17.8. The topological polar surface area (TPSA) is 58.2 Å². The molecule has 0 radical (unpaired) electrons. The Morgan fingerprint density at radius 3 is 2.38 bits per heavy atom. The summed E-state index contributed by atoms with van der Waals surface area (Å²) >= 11 is 5.88. The van der Waals surface area contributed by atoms with Crippen LogP contribution in [0.2, 0.25) is 5.02 Å². The number of hydrogen-bond acceptors (Lipinski definition) is 3. The molecule has 0 saturated carbocycles. The number of halogens is 2. The number of piperidine rings is 1. The number of ketones is 1. The van der Waals surface area contributed by atoms with Crippen LogP contribution >= 0.6 is 24.0 Å². The molecule has 0 bridgehead atoms. The number of rotatable bonds is 4. The Morgan fingerprint density at radius 2 is 1.73 bits per heavy atom. The number of carbonyl (C=O) groups excluding carboxylic acids is 2. The third kappa shape index (κ3) is 4.85. The summed E-state index contributed by atoms with van der Waals surface area (Å²) in [5.74, 6) is -0.377. The maximum atomic E-state index is 12.8. The Labute approximate surface area is 164 Å². The number of nitrogens with one attached hydrogen (secondary N) is 2. The quantitative estimate of drug-likeness (QED) is 0.776. The second-order valence-electron chi connectivity index (χ2n) is 6.43. The molecular weight excluding hydrogens is 371 g/mol. The van der Waals surface area contributed by atoms with Crippen LogP contribution in [0.5, 0.6) is 0 Å². The normalized spacial score (nSPS) is 19.3. The highest BCUT2D eigenvalue weighted by atomic mass is 35.5. The van der Waals surface area contributed by atoms with E-state index in [0.717, 1.165) is 19.4 Å². The molecule has 26 heavy (non-hydrogen) atoms. The predicted molar refractivity (Wildman–Crippen MR) is 107 cm³/mol. The van der Waals surface area contributed by atoms with Gasteiger partial charge in [0, 0.05) is 28.2 Å². The Kier molecular flexibility index (Phi) is 7.21. The van der Waals surface area contributed by atoms with Crippen LogP contribution in [0.3, 0.4) is 0 Å². The zero-order valence-corrected chi connectivity index (χ0v) is 16.1. The Bertz CT molecular complexity index is 778. The third-order valence-corrected chi connectivity index (χ3v) is 4.73. The van der Waals surface area contributed by atoms with Crippen molar-refractivity contribution in [1.82, 2.24) is 10.6 Å². The van der Waals surface area contributed by atoms with E-state index in [-0.39, 0.29) is 30.1 Å². The van der Waals surface area contributed by atoms with Crippen LogP contribution in [-0.2, 0) is 0 Å². The van der Waals surface area contributed by atoms with E-state index in [1.807, 2.05) is 0 Å². The van der Waals surface area contributed by atoms with Gasteiger partial charge in [0.15, 0.2) is 5.78 Å². The highest BCUT2D eigenvalue weighted by Crippen LogP contribution is 2.18. The molecule has 2 N–H and O–H groups in total. The van der Waals surface area contributed by atoms with E-state index in [4.69, 9.17) is 11.6 Å². The van der Waals surface area contributed by atoms with E-state index in [9.17, 15) is 9.59 Å². The lowest BCUT2D eigenvalue weighted by Crippen LogP contribution is -2.46. The summed E-state index contributed by atoms with van der Waals surface area (Å²) in [6, 6.07) is 14.1. The van der Waals surface area contributed by atoms with Gasteiger partial charge in [0.1, 0.15) is 0 Å². The zero-order valence-electron chi connectivity index (χ0n) is 14.5. The minimum Gasteiger partial charge on any atom is -0.349 e. The lowest BCUT2D eigenvalue weighted by atomic mass is 9.96. The number of amides is 1. The van der Waals surface area contributed by atoms with Gasteiger partial charge in [-0.1, -0.05) is 29.8 Å². The van der Waals surface area contributed by atoms with E-state index in [2.05, 4.69) is 17.6 Å². The highest BCUT2D eigenvalue weighted by Gasteiger charge is 2.23. The molecular formula is C20H22Cl2N2O2. The van der Waals surface area contributed by atoms with Gasteiger partial charge in [-0.15, -0.1) is 12.4 Å². The molecule has 2 aromatic carbocycles. The smallest absolute Gasteiger partial charge is 0.252 e. The molecule has 2 atom stereocenters. The number of carbonyl (C=O) groups is 2. The molecule has 1 amide bonds. The lowest BCUT2D eigenvalue weighted by Gasteiger charge is -2.28. The van der Waals surface area contributed by atoms with Crippen LogP contribution in [0.4, 0.5) is 0 Å². The minimum absolute atomic E-state index is 0. The molecule has 0 aromatic heterocycles. The fourth-order valence-electron chi connectivity index (χ4n) is 3.16. The van der Waals surface area contributed by atoms with Crippen LogP contribution < -0.4 is 10.6 Å². The second kappa shape index (κ2) is 9.17. The maximum absolute atomic E-state index is 12.8. The molecule has 1 heterocycles. The molecule has 6 heteroatoms. The highest BCUT2D eigenvalue weighted by molar-refractivity contribution is 6.30. The van der Waals surface area contributed by atoms with Gasteiger partial charge in [0.2, 0.25) is 0 Å². The summed E-state index contributed by atoms with van der Waals surface area (Å²) in [5, 5.41) is 7.01. The van der Waals surface area contributed by atoms with Gasteiger partial charge >= 0.3 is 0 Å². The fraction of sp³-hybridized carbons (Fsp3) is 0.300. The second-order valence-corrected chi connectivity index (χ2v) is 6.87. The molecule has 2 aromatic rings. The molecule has 1 aliphatic rings. The van der Waals surface area contributed by atoms with Gasteiger partial charge in [-0.3, -0.25) is 9.59 Å². The molecule has 2 unspecified atom stereocenters. The van der Waals surface area contributed by atoms with E-state index < -0.39 is 0 Å². The van der Waals surface area contributed by atoms with Crippen molar-refractivity contribution in [2.45, 2.75) is 31.8 Å². The monoisotopic (exact) mass is 392 g/mol. The average molecular weight is 393 g/mol. The summed E-state index contributed by atoms with van der Waals surface area (Å²) in [6.07, 6.45) is 1.78. The van der Waals surface area contributed by atoms with Crippen LogP contribution in [0, 0.1) is 0 Å². The first kappa shape index (κ1) is 20.4. The van der Waals surface area contributed by atoms with Crippen molar-refractivity contribution < 1.29 is 9.59 Å². The van der Waals surface area contributed by atoms with Crippen molar-refractivity contribution in [3.05, 3.63) is 70.2 Å². The maximum Gasteiger partial charge on any atom is 0.252 e. The van der Waals surface area contributed by atoms with Crippen molar-refractivity contribution in [3.8, 4) is 0 Å². The predicted octanol–water partition coefficient (Wildman–Crippen LogP) is 3.86. The number of hydrogen-bond donors (Lipinski definition) is 2. The van der Waals surface area contributed by atoms with Gasteiger partial charge in [0.05, 0.1) is 5.56 Å². The van der Waals surface area contributed by atoms with Crippen molar-refractivity contribution in [1.29, 1.82) is 0 Å². The van der Waals surface area contributed by atoms with Crippen LogP contribution in [-0.4, -0.2) is 30.3 Å². The van der Waals surface area contributed by atoms with Crippen LogP contribution in [0.1, 0.15) is 46.0 Å². The Morgan fingerprint density at radius 1 is 1.08 bits per heavy atom. The molecule has 1 saturated heterocycles. The molecule has 1 aliphatic heterocycles. The van der Waals surface area contributed by atoms with Crippen molar-refractivity contribution in [2.24, 2.45) is 0 Å². The first-order valence-corrected chi connectivity index (χ1v) is 8.86. The van der Waals surface area contributed by atoms with E-state index in [1.54, 1.807) is 48.5 Å². The minimum atomic E-state index is -0.197. The van der Waals surface area contributed by atoms with Gasteiger partial charge in [-0.25, -0.2) is 0 Å². The van der Waals surface area contributed by atoms with Crippen molar-refractivity contribution in [2.75, 3.05) is 6.54 Å². The average Bonchev–Trinajstić information content (AvgIpc) is 2.62. The summed E-state index contributed by atoms with van der Waals surface area (Å²) in [4.78, 5) is 25.5. The standard InChI is InChI=1S/C20H21ClN2O2.ClH/c1-13-12-16(10-11-22-13)23-20(25)18-5-3-2-4-17(18)19(24)14-6-8-15(21)9-7-14;/h2-9,13,16,22H,10-12H2,1H3,(H,23,25);1H. The van der Waals surface area contributed by atoms with Crippen LogP contribution in [0.25, 0.3) is 0 Å². The van der Waals surface area contributed by atoms with E-state index in [1.165, 1.54) is 0 Å². The number of benzene rings is 2. The molecule has 4 nitrogen and oxygen atoms in total. The first-order valence-electron chi connectivity index (χ1n) is 8.48. The summed E-state index contributed by atoms with van der Waals surface area (Å²) in [5.41, 5.74) is 1.33. The Balaban J connectivity index is 0.00000243. The van der Waals surface area contributed by atoms with Crippen molar-refractivity contribution in [3.63, 3.8) is 0 Å². The summed E-state index contributed by atoms with van der Waals surface area (Å²) in [6.45, 7) is 2.99. The third-order valence-electron chi connectivity index (χ3n) is 4.48. The first-order chi connectivity index (χ1) is 12.0. The Hall–Kier alpha value is -1.88. The van der Waals surface area contributed by atoms with E-state index >= 15 is 0 Å². The van der Waals surface area contributed by atoms with Gasteiger partial charge in [-0.2, -0.15) is 0 Å².